The van der Waals surface area contributed by atoms with Gasteiger partial charge in [0.25, 0.3) is 5.91 Å². The van der Waals surface area contributed by atoms with Crippen LogP contribution in [0.2, 0.25) is 0 Å². The molecule has 1 amide bonds. The second-order valence-corrected chi connectivity index (χ2v) is 5.66. The molecule has 0 radical (unpaired) electrons. The zero-order chi connectivity index (χ0) is 14.7. The lowest BCUT2D eigenvalue weighted by Crippen LogP contribution is -2.36. The van der Waals surface area contributed by atoms with Crippen molar-refractivity contribution in [3.05, 3.63) is 42.0 Å². The second-order valence-electron chi connectivity index (χ2n) is 5.66. The van der Waals surface area contributed by atoms with Crippen LogP contribution >= 0.6 is 0 Å². The summed E-state index contributed by atoms with van der Waals surface area (Å²) in [5.41, 5.74) is 2.07. The molecule has 1 aliphatic rings. The first kappa shape index (κ1) is 13.8. The van der Waals surface area contributed by atoms with Gasteiger partial charge < -0.3 is 5.32 Å². The maximum Gasteiger partial charge on any atom is 0.291 e. The fraction of sp³-hybridized carbons (Fsp3) is 0.438. The van der Waals surface area contributed by atoms with Gasteiger partial charge in [-0.15, -0.1) is 5.10 Å². The molecule has 1 N–H and O–H groups in total. The van der Waals surface area contributed by atoms with Crippen molar-refractivity contribution in [1.82, 2.24) is 20.1 Å². The number of rotatable bonds is 3. The fourth-order valence-electron chi connectivity index (χ4n) is 2.76. The standard InChI is InChI=1S/C16H20N4O/c1-12-6-5-9-14(10-12)20-11-17-15(19-20)16(21)18-13-7-3-2-4-8-13/h5-6,9-11,13H,2-4,7-8H2,1H3,(H,18,21). The maximum absolute atomic E-state index is 12.2. The van der Waals surface area contributed by atoms with Gasteiger partial charge in [0.2, 0.25) is 5.82 Å². The van der Waals surface area contributed by atoms with Gasteiger partial charge in [-0.1, -0.05) is 31.4 Å². The predicted molar refractivity (Wildman–Crippen MR) is 80.4 cm³/mol. The minimum atomic E-state index is -0.173. The third-order valence-corrected chi connectivity index (χ3v) is 3.90. The quantitative estimate of drug-likeness (QED) is 0.942. The summed E-state index contributed by atoms with van der Waals surface area (Å²) < 4.78 is 1.64. The Balaban J connectivity index is 1.70. The first-order valence-electron chi connectivity index (χ1n) is 7.52. The third-order valence-electron chi connectivity index (χ3n) is 3.90. The molecule has 5 nitrogen and oxygen atoms in total. The molecule has 21 heavy (non-hydrogen) atoms. The van der Waals surface area contributed by atoms with Crippen LogP contribution < -0.4 is 5.32 Å². The largest absolute Gasteiger partial charge is 0.347 e. The maximum atomic E-state index is 12.2. The third kappa shape index (κ3) is 3.29. The number of carbonyl (C=O) groups excluding carboxylic acids is 1. The van der Waals surface area contributed by atoms with E-state index < -0.39 is 0 Å². The molecule has 0 saturated heterocycles. The van der Waals surface area contributed by atoms with Gasteiger partial charge in [0.15, 0.2) is 0 Å². The molecule has 1 aromatic carbocycles. The van der Waals surface area contributed by atoms with Gasteiger partial charge in [-0.25, -0.2) is 9.67 Å². The summed E-state index contributed by atoms with van der Waals surface area (Å²) >= 11 is 0. The van der Waals surface area contributed by atoms with E-state index in [0.29, 0.717) is 0 Å². The van der Waals surface area contributed by atoms with Gasteiger partial charge in [0, 0.05) is 6.04 Å². The summed E-state index contributed by atoms with van der Waals surface area (Å²) in [7, 11) is 0. The van der Waals surface area contributed by atoms with E-state index in [1.54, 1.807) is 11.0 Å². The van der Waals surface area contributed by atoms with Gasteiger partial charge in [-0.3, -0.25) is 4.79 Å². The average molecular weight is 284 g/mol. The van der Waals surface area contributed by atoms with Crippen molar-refractivity contribution in [3.8, 4) is 5.69 Å². The number of aryl methyl sites for hydroxylation is 1. The molecule has 1 saturated carbocycles. The number of nitrogens with zero attached hydrogens (tertiary/aromatic N) is 3. The smallest absolute Gasteiger partial charge is 0.291 e. The van der Waals surface area contributed by atoms with Crippen molar-refractivity contribution in [2.24, 2.45) is 0 Å². The van der Waals surface area contributed by atoms with Gasteiger partial charge in [0.05, 0.1) is 5.69 Å². The number of nitrogens with one attached hydrogen (secondary N) is 1. The minimum Gasteiger partial charge on any atom is -0.347 e. The van der Waals surface area contributed by atoms with Gasteiger partial charge >= 0.3 is 0 Å². The lowest BCUT2D eigenvalue weighted by Gasteiger charge is -2.21. The summed E-state index contributed by atoms with van der Waals surface area (Å²) in [6.45, 7) is 2.02. The predicted octanol–water partition coefficient (Wildman–Crippen LogP) is 2.64. The molecular weight excluding hydrogens is 264 g/mol. The highest BCUT2D eigenvalue weighted by molar-refractivity contribution is 5.90. The minimum absolute atomic E-state index is 0.173. The van der Waals surface area contributed by atoms with Crippen LogP contribution in [0.15, 0.2) is 30.6 Å². The Morgan fingerprint density at radius 1 is 1.29 bits per heavy atom. The molecule has 1 heterocycles. The van der Waals surface area contributed by atoms with E-state index in [1.807, 2.05) is 31.2 Å². The van der Waals surface area contributed by atoms with Crippen LogP contribution in [0.4, 0.5) is 0 Å². The van der Waals surface area contributed by atoms with E-state index in [4.69, 9.17) is 0 Å². The Bertz CT molecular complexity index is 629. The average Bonchev–Trinajstić information content (AvgIpc) is 2.98. The number of amides is 1. The molecule has 110 valence electrons. The number of benzene rings is 1. The number of hydrogen-bond donors (Lipinski definition) is 1. The van der Waals surface area contributed by atoms with Gasteiger partial charge in [-0.05, 0) is 37.5 Å². The van der Waals surface area contributed by atoms with Crippen LogP contribution in [0.3, 0.4) is 0 Å². The summed E-state index contributed by atoms with van der Waals surface area (Å²) in [4.78, 5) is 16.3. The van der Waals surface area contributed by atoms with E-state index in [-0.39, 0.29) is 17.8 Å². The highest BCUT2D eigenvalue weighted by Crippen LogP contribution is 2.17. The monoisotopic (exact) mass is 284 g/mol. The molecule has 1 aliphatic carbocycles. The van der Waals surface area contributed by atoms with Crippen LogP contribution in [0.5, 0.6) is 0 Å². The lowest BCUT2D eigenvalue weighted by molar-refractivity contribution is 0.0917. The summed E-state index contributed by atoms with van der Waals surface area (Å²) in [5.74, 6) is 0.0652. The van der Waals surface area contributed by atoms with E-state index >= 15 is 0 Å². The van der Waals surface area contributed by atoms with Crippen LogP contribution in [-0.4, -0.2) is 26.7 Å². The molecule has 0 aliphatic heterocycles. The fourth-order valence-corrected chi connectivity index (χ4v) is 2.76. The highest BCUT2D eigenvalue weighted by Gasteiger charge is 2.19. The van der Waals surface area contributed by atoms with Crippen molar-refractivity contribution in [2.45, 2.75) is 45.1 Å². The molecule has 1 fully saturated rings. The molecule has 0 atom stereocenters. The summed E-state index contributed by atoms with van der Waals surface area (Å²) in [6.07, 6.45) is 7.36. The van der Waals surface area contributed by atoms with Crippen LogP contribution in [-0.2, 0) is 0 Å². The van der Waals surface area contributed by atoms with E-state index in [9.17, 15) is 4.79 Å². The normalized spacial score (nSPS) is 15.9. The SMILES string of the molecule is Cc1cccc(-n2cnc(C(=O)NC3CCCCC3)n2)c1. The summed E-state index contributed by atoms with van der Waals surface area (Å²) in [6, 6.07) is 8.23. The molecule has 0 bridgehead atoms. The molecule has 0 spiro atoms. The van der Waals surface area contributed by atoms with Crippen molar-refractivity contribution >= 4 is 5.91 Å². The topological polar surface area (TPSA) is 59.8 Å². The molecule has 0 unspecified atom stereocenters. The molecule has 3 rings (SSSR count). The lowest BCUT2D eigenvalue weighted by atomic mass is 9.95. The van der Waals surface area contributed by atoms with E-state index in [1.165, 1.54) is 19.3 Å². The van der Waals surface area contributed by atoms with E-state index in [2.05, 4.69) is 15.4 Å². The summed E-state index contributed by atoms with van der Waals surface area (Å²) in [5, 5.41) is 7.31. The zero-order valence-corrected chi connectivity index (χ0v) is 12.2. The van der Waals surface area contributed by atoms with E-state index in [0.717, 1.165) is 24.1 Å². The van der Waals surface area contributed by atoms with Gasteiger partial charge in [0.1, 0.15) is 6.33 Å². The van der Waals surface area contributed by atoms with Crippen molar-refractivity contribution in [2.75, 3.05) is 0 Å². The Labute approximate surface area is 124 Å². The zero-order valence-electron chi connectivity index (χ0n) is 12.2. The molecule has 2 aromatic rings. The number of aromatic nitrogens is 3. The van der Waals surface area contributed by atoms with Crippen molar-refractivity contribution in [3.63, 3.8) is 0 Å². The molecule has 5 heteroatoms. The van der Waals surface area contributed by atoms with Crippen molar-refractivity contribution < 1.29 is 4.79 Å². The Morgan fingerprint density at radius 3 is 2.86 bits per heavy atom. The van der Waals surface area contributed by atoms with Crippen molar-refractivity contribution in [1.29, 1.82) is 0 Å². The Morgan fingerprint density at radius 2 is 2.10 bits per heavy atom. The number of carbonyl (C=O) groups is 1. The number of hydrogen-bond acceptors (Lipinski definition) is 3. The molecule has 1 aromatic heterocycles. The second kappa shape index (κ2) is 6.08. The van der Waals surface area contributed by atoms with Crippen LogP contribution in [0, 0.1) is 6.92 Å². The Hall–Kier alpha value is -2.17. The first-order valence-corrected chi connectivity index (χ1v) is 7.52. The molecular formula is C16H20N4O. The Kier molecular flexibility index (Phi) is 3.99. The van der Waals surface area contributed by atoms with Crippen LogP contribution in [0.25, 0.3) is 5.69 Å². The van der Waals surface area contributed by atoms with Crippen LogP contribution in [0.1, 0.15) is 48.3 Å². The van der Waals surface area contributed by atoms with Gasteiger partial charge in [-0.2, -0.15) is 0 Å². The highest BCUT2D eigenvalue weighted by atomic mass is 16.2. The first-order chi connectivity index (χ1) is 10.2.